The quantitative estimate of drug-likeness (QED) is 0.306. The van der Waals surface area contributed by atoms with E-state index in [1.165, 1.54) is 29.5 Å². The first-order valence-corrected chi connectivity index (χ1v) is 12.5. The minimum absolute atomic E-state index is 0.443. The first-order valence-electron chi connectivity index (χ1n) is 12.5. The van der Waals surface area contributed by atoms with Gasteiger partial charge in [0.2, 0.25) is 11.7 Å². The molecule has 0 aliphatic carbocycles. The topological polar surface area (TPSA) is 42.2 Å². The molecule has 1 aliphatic rings. The van der Waals surface area contributed by atoms with Gasteiger partial charge in [0.05, 0.1) is 0 Å². The zero-order valence-corrected chi connectivity index (χ0v) is 19.9. The van der Waals surface area contributed by atoms with Crippen LogP contribution in [0.15, 0.2) is 89.5 Å². The maximum Gasteiger partial charge on any atom is 0.227 e. The predicted molar refractivity (Wildman–Crippen MR) is 137 cm³/mol. The minimum atomic E-state index is 0.443. The molecule has 0 amide bonds. The van der Waals surface area contributed by atoms with Crippen LogP contribution < -0.4 is 0 Å². The second-order valence-electron chi connectivity index (χ2n) is 9.53. The molecule has 0 saturated carbocycles. The largest absolute Gasteiger partial charge is 0.339 e. The summed E-state index contributed by atoms with van der Waals surface area (Å²) in [5.74, 6) is 2.52. The molecule has 1 aliphatic heterocycles. The molecule has 4 nitrogen and oxygen atoms in total. The summed E-state index contributed by atoms with van der Waals surface area (Å²) in [5, 5.41) is 4.21. The third kappa shape index (κ3) is 5.63. The van der Waals surface area contributed by atoms with E-state index in [4.69, 9.17) is 4.52 Å². The molecule has 3 aromatic carbocycles. The molecule has 0 radical (unpaired) electrons. The Labute approximate surface area is 202 Å². The first kappa shape index (κ1) is 22.5. The number of rotatable bonds is 8. The summed E-state index contributed by atoms with van der Waals surface area (Å²) in [7, 11) is 0. The van der Waals surface area contributed by atoms with Gasteiger partial charge in [-0.05, 0) is 62.9 Å². The molecule has 0 unspecified atom stereocenters. The second kappa shape index (κ2) is 10.8. The highest BCUT2D eigenvalue weighted by Gasteiger charge is 2.23. The molecule has 34 heavy (non-hydrogen) atoms. The SMILES string of the molecule is Cc1ccc(-c2noc(CC3CCN(CCC(c4ccccc4)c4ccccc4)CC3)n2)cc1. The Morgan fingerprint density at radius 2 is 1.47 bits per heavy atom. The standard InChI is InChI=1S/C30H33N3O/c1-23-12-14-27(15-13-23)30-31-29(34-32-30)22-24-16-19-33(20-17-24)21-18-28(25-8-4-2-5-9-25)26-10-6-3-7-11-26/h2-15,24,28H,16-22H2,1H3. The van der Waals surface area contributed by atoms with E-state index in [0.29, 0.717) is 17.7 Å². The van der Waals surface area contributed by atoms with Crippen LogP contribution in [-0.2, 0) is 6.42 Å². The number of nitrogens with zero attached hydrogens (tertiary/aromatic N) is 3. The number of likely N-dealkylation sites (tertiary alicyclic amines) is 1. The van der Waals surface area contributed by atoms with Gasteiger partial charge < -0.3 is 9.42 Å². The van der Waals surface area contributed by atoms with Gasteiger partial charge in [0.1, 0.15) is 0 Å². The van der Waals surface area contributed by atoms with E-state index in [1.54, 1.807) is 0 Å². The van der Waals surface area contributed by atoms with Crippen molar-refractivity contribution in [3.63, 3.8) is 0 Å². The van der Waals surface area contributed by atoms with E-state index in [9.17, 15) is 0 Å². The Balaban J connectivity index is 1.14. The fourth-order valence-corrected chi connectivity index (χ4v) is 5.03. The molecule has 0 N–H and O–H groups in total. The first-order chi connectivity index (χ1) is 16.7. The van der Waals surface area contributed by atoms with Crippen LogP contribution in [0.4, 0.5) is 0 Å². The van der Waals surface area contributed by atoms with E-state index in [2.05, 4.69) is 107 Å². The van der Waals surface area contributed by atoms with E-state index in [0.717, 1.165) is 43.9 Å². The van der Waals surface area contributed by atoms with Crippen LogP contribution in [0.3, 0.4) is 0 Å². The van der Waals surface area contributed by atoms with Crippen LogP contribution in [0.25, 0.3) is 11.4 Å². The van der Waals surface area contributed by atoms with Gasteiger partial charge in [-0.25, -0.2) is 0 Å². The molecule has 174 valence electrons. The zero-order chi connectivity index (χ0) is 23.2. The molecule has 4 heteroatoms. The van der Waals surface area contributed by atoms with Gasteiger partial charge in [-0.2, -0.15) is 4.98 Å². The molecular formula is C30H33N3O. The lowest BCUT2D eigenvalue weighted by Gasteiger charge is -2.32. The maximum absolute atomic E-state index is 5.58. The van der Waals surface area contributed by atoms with Crippen molar-refractivity contribution < 1.29 is 4.52 Å². The minimum Gasteiger partial charge on any atom is -0.339 e. The highest BCUT2D eigenvalue weighted by atomic mass is 16.5. The normalized spacial score (nSPS) is 15.1. The van der Waals surface area contributed by atoms with Crippen molar-refractivity contribution in [3.05, 3.63) is 108 Å². The summed E-state index contributed by atoms with van der Waals surface area (Å²) in [4.78, 5) is 7.28. The van der Waals surface area contributed by atoms with Gasteiger partial charge >= 0.3 is 0 Å². The average Bonchev–Trinajstić information content (AvgIpc) is 3.35. The highest BCUT2D eigenvalue weighted by Crippen LogP contribution is 2.29. The summed E-state index contributed by atoms with van der Waals surface area (Å²) < 4.78 is 5.58. The van der Waals surface area contributed by atoms with Crippen LogP contribution in [0, 0.1) is 12.8 Å². The van der Waals surface area contributed by atoms with Crippen molar-refractivity contribution in [2.45, 2.75) is 38.5 Å². The van der Waals surface area contributed by atoms with Crippen LogP contribution in [-0.4, -0.2) is 34.7 Å². The van der Waals surface area contributed by atoms with Crippen molar-refractivity contribution in [1.82, 2.24) is 15.0 Å². The number of benzene rings is 3. The summed E-state index contributed by atoms with van der Waals surface area (Å²) in [6.07, 6.45) is 4.39. The highest BCUT2D eigenvalue weighted by molar-refractivity contribution is 5.54. The van der Waals surface area contributed by atoms with Gasteiger partial charge in [-0.1, -0.05) is 95.6 Å². The smallest absolute Gasteiger partial charge is 0.227 e. The molecule has 2 heterocycles. The maximum atomic E-state index is 5.58. The Bertz CT molecular complexity index is 1110. The van der Waals surface area contributed by atoms with Crippen LogP contribution in [0.1, 0.15) is 47.8 Å². The van der Waals surface area contributed by atoms with E-state index >= 15 is 0 Å². The number of aromatic nitrogens is 2. The van der Waals surface area contributed by atoms with Gasteiger partial charge in [0, 0.05) is 17.9 Å². The van der Waals surface area contributed by atoms with Gasteiger partial charge in [0.25, 0.3) is 0 Å². The third-order valence-corrected chi connectivity index (χ3v) is 7.09. The Morgan fingerprint density at radius 3 is 2.09 bits per heavy atom. The van der Waals surface area contributed by atoms with Crippen molar-refractivity contribution in [1.29, 1.82) is 0 Å². The van der Waals surface area contributed by atoms with Gasteiger partial charge in [-0.15, -0.1) is 0 Å². The number of piperidine rings is 1. The molecular weight excluding hydrogens is 418 g/mol. The van der Waals surface area contributed by atoms with Gasteiger partial charge in [-0.3, -0.25) is 0 Å². The number of aryl methyl sites for hydroxylation is 1. The Kier molecular flexibility index (Phi) is 7.16. The predicted octanol–water partition coefficient (Wildman–Crippen LogP) is 6.52. The second-order valence-corrected chi connectivity index (χ2v) is 9.53. The fourth-order valence-electron chi connectivity index (χ4n) is 5.03. The lowest BCUT2D eigenvalue weighted by molar-refractivity contribution is 0.174. The molecule has 1 aromatic heterocycles. The third-order valence-electron chi connectivity index (χ3n) is 7.09. The summed E-state index contributed by atoms with van der Waals surface area (Å²) in [6, 6.07) is 30.1. The molecule has 4 aromatic rings. The Morgan fingerprint density at radius 1 is 0.853 bits per heavy atom. The lowest BCUT2D eigenvalue weighted by atomic mass is 9.87. The van der Waals surface area contributed by atoms with Crippen molar-refractivity contribution >= 4 is 0 Å². The van der Waals surface area contributed by atoms with E-state index < -0.39 is 0 Å². The zero-order valence-electron chi connectivity index (χ0n) is 19.9. The molecule has 1 fully saturated rings. The fraction of sp³-hybridized carbons (Fsp3) is 0.333. The average molecular weight is 452 g/mol. The van der Waals surface area contributed by atoms with Crippen molar-refractivity contribution in [2.24, 2.45) is 5.92 Å². The molecule has 1 saturated heterocycles. The summed E-state index contributed by atoms with van der Waals surface area (Å²) >= 11 is 0. The number of hydrogen-bond donors (Lipinski definition) is 0. The van der Waals surface area contributed by atoms with Crippen molar-refractivity contribution in [2.75, 3.05) is 19.6 Å². The number of hydrogen-bond acceptors (Lipinski definition) is 4. The van der Waals surface area contributed by atoms with Gasteiger partial charge in [0.15, 0.2) is 0 Å². The molecule has 5 rings (SSSR count). The Hall–Kier alpha value is -3.24. The van der Waals surface area contributed by atoms with Crippen LogP contribution in [0.2, 0.25) is 0 Å². The monoisotopic (exact) mass is 451 g/mol. The molecule has 0 bridgehead atoms. The molecule has 0 atom stereocenters. The van der Waals surface area contributed by atoms with E-state index in [-0.39, 0.29) is 0 Å². The van der Waals surface area contributed by atoms with Crippen molar-refractivity contribution in [3.8, 4) is 11.4 Å². The molecule has 0 spiro atoms. The van der Waals surface area contributed by atoms with Crippen LogP contribution in [0.5, 0.6) is 0 Å². The van der Waals surface area contributed by atoms with E-state index in [1.807, 2.05) is 0 Å². The van der Waals surface area contributed by atoms with Crippen LogP contribution >= 0.6 is 0 Å². The lowest BCUT2D eigenvalue weighted by Crippen LogP contribution is -2.35. The summed E-state index contributed by atoms with van der Waals surface area (Å²) in [6.45, 7) is 5.49. The summed E-state index contributed by atoms with van der Waals surface area (Å²) in [5.41, 5.74) is 5.06.